The molecule has 7 rings (SSSR count). The summed E-state index contributed by atoms with van der Waals surface area (Å²) in [7, 11) is 0. The lowest BCUT2D eigenvalue weighted by Crippen LogP contribution is -1.99. The average Bonchev–Trinajstić information content (AvgIpc) is 3.74. The molecule has 0 atom stereocenters. The van der Waals surface area contributed by atoms with Crippen LogP contribution in [0.4, 0.5) is 0 Å². The van der Waals surface area contributed by atoms with Gasteiger partial charge in [-0.15, -0.1) is 22.7 Å². The predicted molar refractivity (Wildman–Crippen MR) is 152 cm³/mol. The van der Waals surface area contributed by atoms with Crippen molar-refractivity contribution in [3.8, 4) is 49.5 Å². The van der Waals surface area contributed by atoms with Crippen molar-refractivity contribution >= 4 is 28.2 Å². The number of fused-ring (bicyclic) bond motifs is 1. The van der Waals surface area contributed by atoms with E-state index in [0.717, 1.165) is 44.4 Å². The summed E-state index contributed by atoms with van der Waals surface area (Å²) >= 11 is 3.48. The van der Waals surface area contributed by atoms with E-state index in [1.54, 1.807) is 22.7 Å². The third-order valence-corrected chi connectivity index (χ3v) is 8.14. The van der Waals surface area contributed by atoms with Crippen LogP contribution in [0.1, 0.15) is 0 Å². The number of nitrogens with zero attached hydrogens (tertiary/aromatic N) is 3. The molecule has 5 heterocycles. The summed E-state index contributed by atoms with van der Waals surface area (Å²) in [6.07, 6.45) is 2.15. The van der Waals surface area contributed by atoms with Crippen molar-refractivity contribution in [2.24, 2.45) is 0 Å². The molecule has 0 aliphatic heterocycles. The molecular formula is C31H21N3S2. The average molecular weight is 500 g/mol. The lowest BCUT2D eigenvalue weighted by Gasteiger charge is -2.12. The second-order valence-electron chi connectivity index (χ2n) is 8.53. The standard InChI is InChI=1S/C31H21N3S2/c1-3-11-22(12-4-1)29-30(23-13-5-2-6-14-23)34(31(32-29)28-17-10-20-36-28)25-21-26(27-16-9-19-35-27)33-18-8-7-15-24(25)33/h1-21H. The number of aromatic nitrogens is 3. The van der Waals surface area contributed by atoms with Crippen LogP contribution in [0.2, 0.25) is 0 Å². The first kappa shape index (κ1) is 21.1. The zero-order valence-corrected chi connectivity index (χ0v) is 20.9. The number of hydrogen-bond donors (Lipinski definition) is 0. The van der Waals surface area contributed by atoms with E-state index in [-0.39, 0.29) is 0 Å². The molecule has 0 aliphatic carbocycles. The maximum Gasteiger partial charge on any atom is 0.155 e. The smallest absolute Gasteiger partial charge is 0.155 e. The molecule has 5 heteroatoms. The number of thiophene rings is 2. The summed E-state index contributed by atoms with van der Waals surface area (Å²) in [5.74, 6) is 0.955. The van der Waals surface area contributed by atoms with Gasteiger partial charge in [-0.2, -0.15) is 0 Å². The second-order valence-corrected chi connectivity index (χ2v) is 10.4. The Balaban J connectivity index is 1.62. The van der Waals surface area contributed by atoms with Crippen molar-refractivity contribution in [1.82, 2.24) is 14.0 Å². The fourth-order valence-electron chi connectivity index (χ4n) is 4.81. The van der Waals surface area contributed by atoms with Gasteiger partial charge in [0.1, 0.15) is 0 Å². The van der Waals surface area contributed by atoms with Crippen LogP contribution in [-0.4, -0.2) is 14.0 Å². The predicted octanol–water partition coefficient (Wildman–Crippen LogP) is 8.92. The number of pyridine rings is 1. The first-order chi connectivity index (χ1) is 17.9. The summed E-state index contributed by atoms with van der Waals surface area (Å²) in [6, 6.07) is 38.4. The van der Waals surface area contributed by atoms with Gasteiger partial charge in [0.2, 0.25) is 0 Å². The van der Waals surface area contributed by atoms with Crippen LogP contribution in [0.15, 0.2) is 126 Å². The molecule has 3 nitrogen and oxygen atoms in total. The van der Waals surface area contributed by atoms with E-state index in [9.17, 15) is 0 Å². The van der Waals surface area contributed by atoms with Gasteiger partial charge in [-0.3, -0.25) is 4.57 Å². The quantitative estimate of drug-likeness (QED) is 0.232. The van der Waals surface area contributed by atoms with Crippen LogP contribution in [0.25, 0.3) is 55.0 Å². The monoisotopic (exact) mass is 499 g/mol. The topological polar surface area (TPSA) is 22.2 Å². The molecular weight excluding hydrogens is 478 g/mol. The maximum atomic E-state index is 5.32. The van der Waals surface area contributed by atoms with E-state index >= 15 is 0 Å². The molecule has 7 aromatic rings. The largest absolute Gasteiger partial charge is 0.314 e. The highest BCUT2D eigenvalue weighted by Gasteiger charge is 2.25. The van der Waals surface area contributed by atoms with E-state index in [0.29, 0.717) is 0 Å². The molecule has 0 spiro atoms. The normalized spacial score (nSPS) is 11.3. The second kappa shape index (κ2) is 8.79. The minimum Gasteiger partial charge on any atom is -0.314 e. The van der Waals surface area contributed by atoms with Crippen LogP contribution in [0, 0.1) is 0 Å². The first-order valence-electron chi connectivity index (χ1n) is 11.8. The molecule has 0 fully saturated rings. The molecule has 0 aliphatic rings. The third kappa shape index (κ3) is 3.44. The van der Waals surface area contributed by atoms with Gasteiger partial charge in [-0.1, -0.05) is 78.9 Å². The minimum absolute atomic E-state index is 0.955. The third-order valence-electron chi connectivity index (χ3n) is 6.38. The molecule has 5 aromatic heterocycles. The van der Waals surface area contributed by atoms with E-state index in [1.807, 2.05) is 0 Å². The van der Waals surface area contributed by atoms with Crippen molar-refractivity contribution in [3.63, 3.8) is 0 Å². The Morgan fingerprint density at radius 1 is 0.611 bits per heavy atom. The van der Waals surface area contributed by atoms with Crippen molar-refractivity contribution in [3.05, 3.63) is 126 Å². The Morgan fingerprint density at radius 3 is 1.97 bits per heavy atom. The molecule has 172 valence electrons. The Hall–Kier alpha value is -4.19. The van der Waals surface area contributed by atoms with Gasteiger partial charge in [-0.05, 0) is 41.1 Å². The van der Waals surface area contributed by atoms with Crippen LogP contribution in [0.3, 0.4) is 0 Å². The van der Waals surface area contributed by atoms with Crippen LogP contribution < -0.4 is 0 Å². The van der Waals surface area contributed by atoms with Gasteiger partial charge < -0.3 is 4.40 Å². The zero-order valence-electron chi connectivity index (χ0n) is 19.3. The molecule has 2 aromatic carbocycles. The molecule has 0 amide bonds. The lowest BCUT2D eigenvalue weighted by atomic mass is 10.0. The molecule has 0 bridgehead atoms. The number of benzene rings is 2. The summed E-state index contributed by atoms with van der Waals surface area (Å²) < 4.78 is 4.65. The number of rotatable bonds is 5. The highest BCUT2D eigenvalue weighted by atomic mass is 32.1. The van der Waals surface area contributed by atoms with Crippen molar-refractivity contribution < 1.29 is 0 Å². The minimum atomic E-state index is 0.955. The lowest BCUT2D eigenvalue weighted by molar-refractivity contribution is 1.09. The summed E-state index contributed by atoms with van der Waals surface area (Å²) in [5, 5.41) is 4.25. The molecule has 0 unspecified atom stereocenters. The Bertz CT molecular complexity index is 1760. The molecule has 0 saturated heterocycles. The van der Waals surface area contributed by atoms with Gasteiger partial charge >= 0.3 is 0 Å². The van der Waals surface area contributed by atoms with Gasteiger partial charge in [0, 0.05) is 17.3 Å². The molecule has 0 N–H and O–H groups in total. The number of hydrogen-bond acceptors (Lipinski definition) is 3. The molecule has 0 saturated carbocycles. The first-order valence-corrected chi connectivity index (χ1v) is 13.6. The summed E-state index contributed by atoms with van der Waals surface area (Å²) in [4.78, 5) is 7.70. The zero-order chi connectivity index (χ0) is 23.9. The van der Waals surface area contributed by atoms with Gasteiger partial charge in [-0.25, -0.2) is 4.98 Å². The van der Waals surface area contributed by atoms with Crippen LogP contribution in [-0.2, 0) is 0 Å². The SMILES string of the molecule is c1ccc(-c2nc(-c3cccs3)n(-c3cc(-c4cccs4)n4ccccc34)c2-c2ccccc2)cc1. The fraction of sp³-hybridized carbons (Fsp3) is 0. The highest BCUT2D eigenvalue weighted by Crippen LogP contribution is 2.42. The van der Waals surface area contributed by atoms with Crippen molar-refractivity contribution in [2.45, 2.75) is 0 Å². The highest BCUT2D eigenvalue weighted by molar-refractivity contribution is 7.13. The molecule has 0 radical (unpaired) electrons. The van der Waals surface area contributed by atoms with Gasteiger partial charge in [0.25, 0.3) is 0 Å². The van der Waals surface area contributed by atoms with Crippen molar-refractivity contribution in [2.75, 3.05) is 0 Å². The molecule has 36 heavy (non-hydrogen) atoms. The van der Waals surface area contributed by atoms with Crippen molar-refractivity contribution in [1.29, 1.82) is 0 Å². The van der Waals surface area contributed by atoms with Gasteiger partial charge in [0.15, 0.2) is 5.82 Å². The van der Waals surface area contributed by atoms with E-state index in [1.165, 1.54) is 10.6 Å². The Morgan fingerprint density at radius 2 is 1.28 bits per heavy atom. The van der Waals surface area contributed by atoms with Crippen LogP contribution in [0.5, 0.6) is 0 Å². The summed E-state index contributed by atoms with van der Waals surface area (Å²) in [5.41, 5.74) is 7.78. The van der Waals surface area contributed by atoms with Gasteiger partial charge in [0.05, 0.1) is 38.0 Å². The van der Waals surface area contributed by atoms with E-state index in [2.05, 4.69) is 135 Å². The Labute approximate surface area is 217 Å². The number of imidazole rings is 1. The fourth-order valence-corrected chi connectivity index (χ4v) is 6.26. The maximum absolute atomic E-state index is 5.32. The van der Waals surface area contributed by atoms with Crippen LogP contribution >= 0.6 is 22.7 Å². The van der Waals surface area contributed by atoms with E-state index < -0.39 is 0 Å². The Kier molecular flexibility index (Phi) is 5.16. The summed E-state index contributed by atoms with van der Waals surface area (Å²) in [6.45, 7) is 0. The van der Waals surface area contributed by atoms with E-state index in [4.69, 9.17) is 4.98 Å².